The molecule has 2 aliphatic rings. The molecule has 0 bridgehead atoms. The van der Waals surface area contributed by atoms with Crippen LogP contribution >= 0.6 is 11.3 Å². The molecule has 3 heterocycles. The third-order valence-electron chi connectivity index (χ3n) is 5.26. The molecule has 1 fully saturated rings. The van der Waals surface area contributed by atoms with Crippen LogP contribution < -0.4 is 10.1 Å². The van der Waals surface area contributed by atoms with E-state index in [2.05, 4.69) is 15.9 Å². The highest BCUT2D eigenvalue weighted by Gasteiger charge is 2.31. The molecule has 1 aromatic carbocycles. The molecule has 0 amide bonds. The van der Waals surface area contributed by atoms with Crippen molar-refractivity contribution in [3.8, 4) is 5.75 Å². The maximum Gasteiger partial charge on any atom is 0.316 e. The Morgan fingerprint density at radius 2 is 2.00 bits per heavy atom. The first kappa shape index (κ1) is 20.0. The van der Waals surface area contributed by atoms with E-state index in [0.717, 1.165) is 42.9 Å². The van der Waals surface area contributed by atoms with E-state index in [1.165, 1.54) is 5.01 Å². The second-order valence-corrected chi connectivity index (χ2v) is 9.50. The number of thiazole rings is 1. The maximum atomic E-state index is 12.3. The predicted molar refractivity (Wildman–Crippen MR) is 113 cm³/mol. The van der Waals surface area contributed by atoms with Crippen LogP contribution in [0.25, 0.3) is 0 Å². The average molecular weight is 414 g/mol. The molecular weight excluding hydrogens is 386 g/mol. The highest BCUT2D eigenvalue weighted by atomic mass is 32.1. The summed E-state index contributed by atoms with van der Waals surface area (Å²) in [6.45, 7) is 7.62. The summed E-state index contributed by atoms with van der Waals surface area (Å²) >= 11 is 1.71. The van der Waals surface area contributed by atoms with E-state index in [1.807, 2.05) is 39.0 Å². The van der Waals surface area contributed by atoms with E-state index in [9.17, 15) is 4.79 Å². The van der Waals surface area contributed by atoms with Crippen LogP contribution in [0.4, 0.5) is 0 Å². The third-order valence-corrected chi connectivity index (χ3v) is 6.26. The van der Waals surface area contributed by atoms with Crippen molar-refractivity contribution in [2.45, 2.75) is 52.1 Å². The van der Waals surface area contributed by atoms with Crippen molar-refractivity contribution < 1.29 is 14.4 Å². The van der Waals surface area contributed by atoms with Crippen molar-refractivity contribution in [1.82, 2.24) is 10.3 Å². The lowest BCUT2D eigenvalue weighted by Gasteiger charge is -2.20. The molecule has 2 aromatic rings. The number of rotatable bonds is 4. The number of aromatic nitrogens is 1. The summed E-state index contributed by atoms with van der Waals surface area (Å²) in [6, 6.07) is 7.51. The third kappa shape index (κ3) is 4.51. The van der Waals surface area contributed by atoms with Gasteiger partial charge in [0.15, 0.2) is 6.10 Å². The summed E-state index contributed by atoms with van der Waals surface area (Å²) in [5.74, 6) is 0.795. The number of carbonyl (C=O) groups excluding carboxylic acids is 1. The lowest BCUT2D eigenvalue weighted by molar-refractivity contribution is -0.143. The van der Waals surface area contributed by atoms with Crippen molar-refractivity contribution in [2.24, 2.45) is 10.6 Å². The van der Waals surface area contributed by atoms with Gasteiger partial charge in [-0.1, -0.05) is 23.4 Å². The quantitative estimate of drug-likeness (QED) is 0.593. The van der Waals surface area contributed by atoms with Crippen LogP contribution in [0.5, 0.6) is 5.75 Å². The largest absolute Gasteiger partial charge is 0.426 e. The van der Waals surface area contributed by atoms with Gasteiger partial charge in [0.25, 0.3) is 0 Å². The van der Waals surface area contributed by atoms with Gasteiger partial charge in [-0.3, -0.25) is 4.79 Å². The van der Waals surface area contributed by atoms with Gasteiger partial charge in [0.05, 0.1) is 16.1 Å². The molecule has 2 aliphatic heterocycles. The lowest BCUT2D eigenvalue weighted by Crippen LogP contribution is -2.26. The van der Waals surface area contributed by atoms with E-state index < -0.39 is 5.41 Å². The van der Waals surface area contributed by atoms with E-state index in [4.69, 9.17) is 14.6 Å². The Kier molecular flexibility index (Phi) is 5.69. The molecule has 0 saturated carbocycles. The number of nitrogens with zero attached hydrogens (tertiary/aromatic N) is 2. The predicted octanol–water partition coefficient (Wildman–Crippen LogP) is 4.43. The molecule has 154 valence electrons. The van der Waals surface area contributed by atoms with Crippen molar-refractivity contribution >= 4 is 23.0 Å². The van der Waals surface area contributed by atoms with E-state index in [0.29, 0.717) is 18.1 Å². The summed E-state index contributed by atoms with van der Waals surface area (Å²) in [5, 5.41) is 11.0. The van der Waals surface area contributed by atoms with Crippen LogP contribution in [0.3, 0.4) is 0 Å². The molecule has 0 spiro atoms. The van der Waals surface area contributed by atoms with Crippen LogP contribution in [0.15, 0.2) is 34.8 Å². The number of nitrogens with one attached hydrogen (secondary N) is 1. The van der Waals surface area contributed by atoms with E-state index in [-0.39, 0.29) is 12.1 Å². The Hall–Kier alpha value is -2.25. The fourth-order valence-electron chi connectivity index (χ4n) is 3.46. The zero-order chi connectivity index (χ0) is 20.4. The summed E-state index contributed by atoms with van der Waals surface area (Å²) in [7, 11) is 0. The zero-order valence-electron chi connectivity index (χ0n) is 17.1. The molecule has 4 rings (SSSR count). The Balaban J connectivity index is 1.46. The molecule has 1 N–H and O–H groups in total. The summed E-state index contributed by atoms with van der Waals surface area (Å²) in [5.41, 5.74) is 2.01. The Labute approximate surface area is 175 Å². The van der Waals surface area contributed by atoms with Crippen molar-refractivity contribution in [3.05, 3.63) is 45.9 Å². The molecule has 0 radical (unpaired) electrons. The standard InChI is InChI=1S/C22H27N3O3S/c1-22(2,3)21(26)27-18-7-5-4-6-15(18)19-12-16(25-28-19)17-13-29-20(24-17)14-8-10-23-11-9-14/h4-7,13-14,19,23H,8-12H2,1-3H3. The Morgan fingerprint density at radius 1 is 1.24 bits per heavy atom. The minimum atomic E-state index is -0.572. The highest BCUT2D eigenvalue weighted by molar-refractivity contribution is 7.10. The number of hydrogen-bond donors (Lipinski definition) is 1. The van der Waals surface area contributed by atoms with Gasteiger partial charge in [0.2, 0.25) is 0 Å². The van der Waals surface area contributed by atoms with Gasteiger partial charge < -0.3 is 14.9 Å². The molecule has 1 unspecified atom stereocenters. The first-order chi connectivity index (χ1) is 13.9. The van der Waals surface area contributed by atoms with Gasteiger partial charge in [-0.05, 0) is 52.8 Å². The molecular formula is C22H27N3O3S. The average Bonchev–Trinajstić information content (AvgIpc) is 3.38. The topological polar surface area (TPSA) is 72.8 Å². The molecule has 1 aromatic heterocycles. The van der Waals surface area contributed by atoms with Crippen LogP contribution in [-0.4, -0.2) is 29.8 Å². The first-order valence-corrected chi connectivity index (χ1v) is 11.0. The fourth-order valence-corrected chi connectivity index (χ4v) is 4.46. The van der Waals surface area contributed by atoms with Gasteiger partial charge in [0, 0.05) is 23.3 Å². The number of carbonyl (C=O) groups is 1. The highest BCUT2D eigenvalue weighted by Crippen LogP contribution is 2.36. The van der Waals surface area contributed by atoms with E-state index in [1.54, 1.807) is 17.4 Å². The minimum absolute atomic E-state index is 0.268. The Morgan fingerprint density at radius 3 is 2.76 bits per heavy atom. The number of para-hydroxylation sites is 1. The molecule has 7 heteroatoms. The van der Waals surface area contributed by atoms with Gasteiger partial charge in [-0.25, -0.2) is 4.98 Å². The van der Waals surface area contributed by atoms with Crippen LogP contribution in [0, 0.1) is 5.41 Å². The van der Waals surface area contributed by atoms with Crippen molar-refractivity contribution in [1.29, 1.82) is 0 Å². The fraction of sp³-hybridized carbons (Fsp3) is 0.500. The van der Waals surface area contributed by atoms with Gasteiger partial charge in [-0.2, -0.15) is 0 Å². The maximum absolute atomic E-state index is 12.3. The van der Waals surface area contributed by atoms with Crippen molar-refractivity contribution in [2.75, 3.05) is 13.1 Å². The lowest BCUT2D eigenvalue weighted by atomic mass is 9.97. The molecule has 6 nitrogen and oxygen atoms in total. The van der Waals surface area contributed by atoms with Gasteiger partial charge in [-0.15, -0.1) is 11.3 Å². The molecule has 1 saturated heterocycles. The first-order valence-electron chi connectivity index (χ1n) is 10.1. The normalized spacial score (nSPS) is 20.2. The molecule has 1 atom stereocenters. The summed E-state index contributed by atoms with van der Waals surface area (Å²) in [4.78, 5) is 22.9. The Bertz CT molecular complexity index is 910. The number of piperidine rings is 1. The van der Waals surface area contributed by atoms with Gasteiger partial charge >= 0.3 is 5.97 Å². The monoisotopic (exact) mass is 413 g/mol. The second-order valence-electron chi connectivity index (χ2n) is 8.61. The molecule has 0 aliphatic carbocycles. The second kappa shape index (κ2) is 8.24. The van der Waals surface area contributed by atoms with Crippen LogP contribution in [-0.2, 0) is 9.63 Å². The summed E-state index contributed by atoms with van der Waals surface area (Å²) in [6.07, 6.45) is 2.59. The van der Waals surface area contributed by atoms with Gasteiger partial charge in [0.1, 0.15) is 11.5 Å². The zero-order valence-corrected chi connectivity index (χ0v) is 17.9. The number of ether oxygens (including phenoxy) is 1. The van der Waals surface area contributed by atoms with Crippen LogP contribution in [0.1, 0.15) is 68.3 Å². The number of oxime groups is 1. The number of hydrogen-bond acceptors (Lipinski definition) is 7. The van der Waals surface area contributed by atoms with E-state index >= 15 is 0 Å². The minimum Gasteiger partial charge on any atom is -0.426 e. The van der Waals surface area contributed by atoms with Crippen molar-refractivity contribution in [3.63, 3.8) is 0 Å². The summed E-state index contributed by atoms with van der Waals surface area (Å²) < 4.78 is 5.66. The van der Waals surface area contributed by atoms with Crippen LogP contribution in [0.2, 0.25) is 0 Å². The number of benzene rings is 1. The SMILES string of the molecule is CC(C)(C)C(=O)Oc1ccccc1C1CC(c2csc(C3CCNCC3)n2)=NO1. The smallest absolute Gasteiger partial charge is 0.316 e. The number of esters is 1. The molecule has 29 heavy (non-hydrogen) atoms.